The van der Waals surface area contributed by atoms with Gasteiger partial charge < -0.3 is 4.42 Å². The number of unbranched alkanes of at least 4 members (excludes halogenated alkanes) is 1. The Balaban J connectivity index is 0.00000147. The van der Waals surface area contributed by atoms with Crippen LogP contribution >= 0.6 is 0 Å². The van der Waals surface area contributed by atoms with Crippen molar-refractivity contribution in [3.05, 3.63) is 96.0 Å². The van der Waals surface area contributed by atoms with Crippen molar-refractivity contribution in [1.82, 2.24) is 4.98 Å². The second-order valence-electron chi connectivity index (χ2n) is 13.0. The fourth-order valence-electron chi connectivity index (χ4n) is 6.90. The van der Waals surface area contributed by atoms with Crippen LogP contribution < -0.4 is 0 Å². The molecule has 41 heavy (non-hydrogen) atoms. The fraction of sp³-hybridized carbons (Fsp3) is 0.553. The van der Waals surface area contributed by atoms with Crippen LogP contribution in [0.3, 0.4) is 0 Å². The minimum atomic E-state index is -0.283. The number of hydrogen-bond donors (Lipinski definition) is 0. The molecule has 1 heterocycles. The van der Waals surface area contributed by atoms with E-state index in [1.807, 2.05) is 38.3 Å². The molecule has 4 rings (SSSR count). The zero-order valence-electron chi connectivity index (χ0n) is 26.3. The lowest BCUT2D eigenvalue weighted by Gasteiger charge is -2.36. The van der Waals surface area contributed by atoms with Gasteiger partial charge in [0.2, 0.25) is 5.89 Å². The lowest BCUT2D eigenvalue weighted by molar-refractivity contribution is 0.226. The zero-order valence-corrected chi connectivity index (χ0v) is 26.3. The highest BCUT2D eigenvalue weighted by atomic mass is 19.1. The standard InChI is InChI=1S/C35H48FNO.C3H6/c1-25(2)15-18-29-19-20-31(36)21-30(29)22-33-27(4)17-16-26(3)23-35(33,5)34-37-32(24-38-34)14-10-9-13-28-11-7-6-8-12-28;1-3-2/h15,18-21,24,26,28,33H,1,4,6-14,16-17,22-23H2,2-3,5H3;3H,1H2,2H3/b18-15+;/t26?,33-,35?;/m1./s1. The van der Waals surface area contributed by atoms with E-state index < -0.39 is 0 Å². The second kappa shape index (κ2) is 16.1. The lowest BCUT2D eigenvalue weighted by atomic mass is 9.68. The fourth-order valence-corrected chi connectivity index (χ4v) is 6.90. The van der Waals surface area contributed by atoms with Crippen molar-refractivity contribution in [1.29, 1.82) is 0 Å². The number of oxazole rings is 1. The molecular formula is C38H54FNO. The van der Waals surface area contributed by atoms with Crippen LogP contribution in [0.25, 0.3) is 6.08 Å². The summed E-state index contributed by atoms with van der Waals surface area (Å²) in [6.07, 6.45) is 23.4. The van der Waals surface area contributed by atoms with Gasteiger partial charge in [0.05, 0.1) is 11.1 Å². The van der Waals surface area contributed by atoms with Gasteiger partial charge in [-0.2, -0.15) is 0 Å². The highest BCUT2D eigenvalue weighted by Crippen LogP contribution is 2.47. The first kappa shape index (κ1) is 32.8. The number of hydrogen-bond acceptors (Lipinski definition) is 2. The predicted octanol–water partition coefficient (Wildman–Crippen LogP) is 11.4. The molecule has 0 N–H and O–H groups in total. The monoisotopic (exact) mass is 559 g/mol. The molecule has 2 aliphatic rings. The van der Waals surface area contributed by atoms with Crippen LogP contribution in [0.5, 0.6) is 0 Å². The van der Waals surface area contributed by atoms with Crippen molar-refractivity contribution >= 4 is 6.08 Å². The molecule has 1 aromatic heterocycles. The molecule has 2 saturated carbocycles. The van der Waals surface area contributed by atoms with Gasteiger partial charge in [-0.1, -0.05) is 107 Å². The van der Waals surface area contributed by atoms with Crippen molar-refractivity contribution < 1.29 is 8.81 Å². The highest BCUT2D eigenvalue weighted by Gasteiger charge is 2.44. The molecule has 2 unspecified atom stereocenters. The molecule has 1 aromatic carbocycles. The van der Waals surface area contributed by atoms with Crippen LogP contribution in [0.4, 0.5) is 4.39 Å². The van der Waals surface area contributed by atoms with E-state index >= 15 is 0 Å². The largest absolute Gasteiger partial charge is 0.448 e. The first-order valence-electron chi connectivity index (χ1n) is 16.0. The Bertz CT molecular complexity index is 1170. The minimum absolute atomic E-state index is 0.129. The number of aromatic nitrogens is 1. The Morgan fingerprint density at radius 3 is 2.61 bits per heavy atom. The zero-order chi connectivity index (χ0) is 29.8. The molecule has 0 aliphatic heterocycles. The van der Waals surface area contributed by atoms with E-state index in [4.69, 9.17) is 9.40 Å². The third-order valence-corrected chi connectivity index (χ3v) is 9.13. The topological polar surface area (TPSA) is 26.0 Å². The summed E-state index contributed by atoms with van der Waals surface area (Å²) in [5.41, 5.74) is 5.03. The van der Waals surface area contributed by atoms with Crippen LogP contribution in [-0.2, 0) is 18.3 Å². The second-order valence-corrected chi connectivity index (χ2v) is 13.0. The first-order valence-corrected chi connectivity index (χ1v) is 16.0. The molecular weight excluding hydrogens is 505 g/mol. The van der Waals surface area contributed by atoms with Crippen LogP contribution in [0.15, 0.2) is 71.9 Å². The van der Waals surface area contributed by atoms with Gasteiger partial charge >= 0.3 is 0 Å². The number of benzene rings is 1. The first-order chi connectivity index (χ1) is 19.7. The molecule has 2 aliphatic carbocycles. The summed E-state index contributed by atoms with van der Waals surface area (Å²) in [7, 11) is 0. The summed E-state index contributed by atoms with van der Waals surface area (Å²) in [6, 6.07) is 5.10. The average Bonchev–Trinajstić information content (AvgIpc) is 3.39. The van der Waals surface area contributed by atoms with Crippen LogP contribution in [0.2, 0.25) is 0 Å². The molecule has 3 heteroatoms. The average molecular weight is 560 g/mol. The summed E-state index contributed by atoms with van der Waals surface area (Å²) in [5.74, 6) is 2.24. The molecule has 2 fully saturated rings. The van der Waals surface area contributed by atoms with Gasteiger partial charge in [-0.25, -0.2) is 9.37 Å². The number of nitrogens with zero attached hydrogens (tertiary/aromatic N) is 1. The van der Waals surface area contributed by atoms with Gasteiger partial charge in [0.25, 0.3) is 0 Å². The van der Waals surface area contributed by atoms with Crippen molar-refractivity contribution in [2.45, 2.75) is 117 Å². The van der Waals surface area contributed by atoms with Crippen molar-refractivity contribution in [3.8, 4) is 0 Å². The van der Waals surface area contributed by atoms with Crippen LogP contribution in [-0.4, -0.2) is 4.98 Å². The Hall–Kier alpha value is -2.68. The molecule has 2 nitrogen and oxygen atoms in total. The highest BCUT2D eigenvalue weighted by molar-refractivity contribution is 5.56. The predicted molar refractivity (Wildman–Crippen MR) is 173 cm³/mol. The van der Waals surface area contributed by atoms with E-state index in [1.165, 1.54) is 56.9 Å². The molecule has 0 amide bonds. The van der Waals surface area contributed by atoms with Gasteiger partial charge in [0.15, 0.2) is 0 Å². The Labute approximate surface area is 249 Å². The van der Waals surface area contributed by atoms with Gasteiger partial charge in [-0.3, -0.25) is 0 Å². The molecule has 3 atom stereocenters. The van der Waals surface area contributed by atoms with E-state index in [-0.39, 0.29) is 17.2 Å². The smallest absolute Gasteiger partial charge is 0.200 e. The van der Waals surface area contributed by atoms with E-state index in [1.54, 1.807) is 18.2 Å². The lowest BCUT2D eigenvalue weighted by Crippen LogP contribution is -2.35. The van der Waals surface area contributed by atoms with Gasteiger partial charge in [0, 0.05) is 0 Å². The minimum Gasteiger partial charge on any atom is -0.448 e. The quantitative estimate of drug-likeness (QED) is 0.125. The van der Waals surface area contributed by atoms with Crippen molar-refractivity contribution in [3.63, 3.8) is 0 Å². The number of aryl methyl sites for hydroxylation is 1. The van der Waals surface area contributed by atoms with E-state index in [0.717, 1.165) is 66.3 Å². The molecule has 0 bridgehead atoms. The molecule has 0 radical (unpaired) electrons. The van der Waals surface area contributed by atoms with Gasteiger partial charge in [-0.15, -0.1) is 6.58 Å². The Morgan fingerprint density at radius 2 is 1.90 bits per heavy atom. The third-order valence-electron chi connectivity index (χ3n) is 9.13. The molecule has 0 spiro atoms. The van der Waals surface area contributed by atoms with Crippen LogP contribution in [0, 0.1) is 23.6 Å². The number of allylic oxidation sites excluding steroid dienone is 4. The van der Waals surface area contributed by atoms with Gasteiger partial charge in [0.1, 0.15) is 12.1 Å². The Kier molecular flexibility index (Phi) is 12.9. The van der Waals surface area contributed by atoms with Crippen LogP contribution in [0.1, 0.15) is 121 Å². The van der Waals surface area contributed by atoms with E-state index in [2.05, 4.69) is 33.6 Å². The maximum Gasteiger partial charge on any atom is 0.200 e. The summed E-state index contributed by atoms with van der Waals surface area (Å²) < 4.78 is 20.7. The number of rotatable bonds is 10. The molecule has 0 saturated heterocycles. The summed E-state index contributed by atoms with van der Waals surface area (Å²) in [6.45, 7) is 20.4. The SMILES string of the molecule is C=C(C)/C=C/c1ccc(F)cc1C[C@@H]1C(=C)CCC(C)CC1(C)c1nc(CCCCC2CCCCC2)co1.C=CC. The summed E-state index contributed by atoms with van der Waals surface area (Å²) >= 11 is 0. The van der Waals surface area contributed by atoms with E-state index in [0.29, 0.717) is 5.92 Å². The summed E-state index contributed by atoms with van der Waals surface area (Å²) in [5, 5.41) is 0. The maximum absolute atomic E-state index is 14.4. The van der Waals surface area contributed by atoms with Crippen molar-refractivity contribution in [2.75, 3.05) is 0 Å². The number of halogens is 1. The summed E-state index contributed by atoms with van der Waals surface area (Å²) in [4.78, 5) is 5.08. The normalized spacial score (nSPS) is 23.6. The molecule has 224 valence electrons. The Morgan fingerprint density at radius 1 is 1.17 bits per heavy atom. The van der Waals surface area contributed by atoms with E-state index in [9.17, 15) is 4.39 Å². The third kappa shape index (κ3) is 9.69. The maximum atomic E-state index is 14.4. The van der Waals surface area contributed by atoms with Gasteiger partial charge in [-0.05, 0) is 93.4 Å². The molecule has 2 aromatic rings. The van der Waals surface area contributed by atoms with Crippen molar-refractivity contribution in [2.24, 2.45) is 17.8 Å².